The van der Waals surface area contributed by atoms with E-state index in [1.165, 1.54) is 6.07 Å². The van der Waals surface area contributed by atoms with Gasteiger partial charge in [-0.25, -0.2) is 4.98 Å². The summed E-state index contributed by atoms with van der Waals surface area (Å²) < 4.78 is 18.0. The standard InChI is InChI=1S/C12H16FN3O2/c13-10-2-1-3-11(15-10)14-5-4-12(17)16-6-8-18-9-7-16/h1-3H,4-9H2,(H,14,15). The van der Waals surface area contributed by atoms with Crippen LogP contribution >= 0.6 is 0 Å². The molecule has 0 saturated carbocycles. The Labute approximate surface area is 105 Å². The zero-order chi connectivity index (χ0) is 12.8. The minimum absolute atomic E-state index is 0.0854. The topological polar surface area (TPSA) is 54.5 Å². The molecular weight excluding hydrogens is 237 g/mol. The van der Waals surface area contributed by atoms with E-state index in [2.05, 4.69) is 10.3 Å². The predicted molar refractivity (Wildman–Crippen MR) is 64.7 cm³/mol. The van der Waals surface area contributed by atoms with Gasteiger partial charge in [-0.05, 0) is 12.1 Å². The van der Waals surface area contributed by atoms with Crippen LogP contribution in [-0.2, 0) is 9.53 Å². The second-order valence-electron chi connectivity index (χ2n) is 4.02. The third kappa shape index (κ3) is 3.66. The van der Waals surface area contributed by atoms with Gasteiger partial charge in [-0.15, -0.1) is 0 Å². The van der Waals surface area contributed by atoms with Crippen LogP contribution in [0.5, 0.6) is 0 Å². The van der Waals surface area contributed by atoms with Gasteiger partial charge in [0.05, 0.1) is 13.2 Å². The highest BCUT2D eigenvalue weighted by molar-refractivity contribution is 5.76. The fourth-order valence-corrected chi connectivity index (χ4v) is 1.78. The molecule has 0 aliphatic carbocycles. The van der Waals surface area contributed by atoms with Crippen molar-refractivity contribution in [2.24, 2.45) is 0 Å². The molecule has 0 atom stereocenters. The Morgan fingerprint density at radius 1 is 1.44 bits per heavy atom. The number of carbonyl (C=O) groups is 1. The van der Waals surface area contributed by atoms with Crippen LogP contribution in [-0.4, -0.2) is 48.6 Å². The van der Waals surface area contributed by atoms with Crippen molar-refractivity contribution in [1.29, 1.82) is 0 Å². The van der Waals surface area contributed by atoms with Gasteiger partial charge in [0.15, 0.2) is 0 Å². The number of anilines is 1. The minimum Gasteiger partial charge on any atom is -0.378 e. The fraction of sp³-hybridized carbons (Fsp3) is 0.500. The smallest absolute Gasteiger partial charge is 0.224 e. The number of nitrogens with one attached hydrogen (secondary N) is 1. The molecule has 0 unspecified atom stereocenters. The molecule has 1 amide bonds. The number of aromatic nitrogens is 1. The van der Waals surface area contributed by atoms with Crippen LogP contribution in [0.1, 0.15) is 6.42 Å². The summed E-state index contributed by atoms with van der Waals surface area (Å²) in [4.78, 5) is 17.2. The van der Waals surface area contributed by atoms with Gasteiger partial charge >= 0.3 is 0 Å². The maximum atomic E-state index is 12.8. The summed E-state index contributed by atoms with van der Waals surface area (Å²) in [6.45, 7) is 2.95. The van der Waals surface area contributed by atoms with Crippen LogP contribution < -0.4 is 5.32 Å². The largest absolute Gasteiger partial charge is 0.378 e. The van der Waals surface area contributed by atoms with E-state index < -0.39 is 5.95 Å². The molecule has 2 rings (SSSR count). The molecule has 98 valence electrons. The molecule has 1 aliphatic rings. The molecule has 0 spiro atoms. The number of ether oxygens (including phenoxy) is 1. The quantitative estimate of drug-likeness (QED) is 0.809. The monoisotopic (exact) mass is 253 g/mol. The number of amides is 1. The van der Waals surface area contributed by atoms with Crippen LogP contribution in [0, 0.1) is 5.95 Å². The summed E-state index contributed by atoms with van der Waals surface area (Å²) in [5.74, 6) is 0.00601. The molecule has 1 aliphatic heterocycles. The van der Waals surface area contributed by atoms with Crippen LogP contribution in [0.4, 0.5) is 10.2 Å². The number of morpholine rings is 1. The Morgan fingerprint density at radius 3 is 2.94 bits per heavy atom. The molecule has 1 aromatic rings. The molecule has 1 aromatic heterocycles. The molecule has 6 heteroatoms. The van der Waals surface area contributed by atoms with E-state index in [1.807, 2.05) is 0 Å². The molecule has 0 radical (unpaired) electrons. The highest BCUT2D eigenvalue weighted by atomic mass is 19.1. The number of hydrogen-bond donors (Lipinski definition) is 1. The van der Waals surface area contributed by atoms with E-state index in [1.54, 1.807) is 17.0 Å². The second kappa shape index (κ2) is 6.30. The predicted octanol–water partition coefficient (Wildman–Crippen LogP) is 0.881. The number of halogens is 1. The van der Waals surface area contributed by atoms with Crippen molar-refractivity contribution < 1.29 is 13.9 Å². The maximum Gasteiger partial charge on any atom is 0.224 e. The normalized spacial score (nSPS) is 15.5. The average molecular weight is 253 g/mol. The van der Waals surface area contributed by atoms with E-state index >= 15 is 0 Å². The van der Waals surface area contributed by atoms with Gasteiger partial charge in [-0.2, -0.15) is 4.39 Å². The Kier molecular flexibility index (Phi) is 4.46. The van der Waals surface area contributed by atoms with Crippen molar-refractivity contribution in [3.63, 3.8) is 0 Å². The minimum atomic E-state index is -0.528. The lowest BCUT2D eigenvalue weighted by molar-refractivity contribution is -0.134. The van der Waals surface area contributed by atoms with Crippen molar-refractivity contribution in [1.82, 2.24) is 9.88 Å². The van der Waals surface area contributed by atoms with Crippen molar-refractivity contribution in [3.05, 3.63) is 24.1 Å². The van der Waals surface area contributed by atoms with Gasteiger partial charge in [0.25, 0.3) is 0 Å². The highest BCUT2D eigenvalue weighted by Crippen LogP contribution is 2.04. The van der Waals surface area contributed by atoms with E-state index in [0.29, 0.717) is 45.1 Å². The molecule has 1 fully saturated rings. The van der Waals surface area contributed by atoms with Gasteiger partial charge < -0.3 is 15.0 Å². The van der Waals surface area contributed by atoms with Crippen LogP contribution in [0.15, 0.2) is 18.2 Å². The first-order valence-corrected chi connectivity index (χ1v) is 5.97. The van der Waals surface area contributed by atoms with Gasteiger partial charge in [-0.1, -0.05) is 6.07 Å². The molecule has 1 N–H and O–H groups in total. The summed E-state index contributed by atoms with van der Waals surface area (Å²) in [6.07, 6.45) is 0.373. The summed E-state index contributed by atoms with van der Waals surface area (Å²) in [5, 5.41) is 2.93. The van der Waals surface area contributed by atoms with E-state index in [9.17, 15) is 9.18 Å². The number of pyridine rings is 1. The molecule has 5 nitrogen and oxygen atoms in total. The van der Waals surface area contributed by atoms with Crippen molar-refractivity contribution in [2.75, 3.05) is 38.2 Å². The molecule has 2 heterocycles. The summed E-state index contributed by atoms with van der Waals surface area (Å²) >= 11 is 0. The first-order valence-electron chi connectivity index (χ1n) is 5.97. The first kappa shape index (κ1) is 12.8. The summed E-state index contributed by atoms with van der Waals surface area (Å²) in [7, 11) is 0. The highest BCUT2D eigenvalue weighted by Gasteiger charge is 2.15. The fourth-order valence-electron chi connectivity index (χ4n) is 1.78. The lowest BCUT2D eigenvalue weighted by atomic mass is 10.3. The Bertz CT molecular complexity index is 408. The van der Waals surface area contributed by atoms with Crippen molar-refractivity contribution >= 4 is 11.7 Å². The molecular formula is C12H16FN3O2. The SMILES string of the molecule is O=C(CCNc1cccc(F)n1)N1CCOCC1. The Balaban J connectivity index is 1.73. The molecule has 0 aromatic carbocycles. The Hall–Kier alpha value is -1.69. The third-order valence-corrected chi connectivity index (χ3v) is 2.72. The summed E-state index contributed by atoms with van der Waals surface area (Å²) in [5.41, 5.74) is 0. The van der Waals surface area contributed by atoms with Crippen LogP contribution in [0.3, 0.4) is 0 Å². The number of nitrogens with zero attached hydrogens (tertiary/aromatic N) is 2. The average Bonchev–Trinajstić information content (AvgIpc) is 2.40. The molecule has 18 heavy (non-hydrogen) atoms. The van der Waals surface area contributed by atoms with Gasteiger partial charge in [0.2, 0.25) is 11.9 Å². The lowest BCUT2D eigenvalue weighted by Crippen LogP contribution is -2.41. The zero-order valence-corrected chi connectivity index (χ0v) is 10.1. The lowest BCUT2D eigenvalue weighted by Gasteiger charge is -2.26. The van der Waals surface area contributed by atoms with Crippen LogP contribution in [0.25, 0.3) is 0 Å². The van der Waals surface area contributed by atoms with Gasteiger partial charge in [0, 0.05) is 26.1 Å². The first-order chi connectivity index (χ1) is 8.75. The summed E-state index contributed by atoms with van der Waals surface area (Å²) in [6, 6.07) is 4.53. The third-order valence-electron chi connectivity index (χ3n) is 2.72. The maximum absolute atomic E-state index is 12.8. The second-order valence-corrected chi connectivity index (χ2v) is 4.02. The van der Waals surface area contributed by atoms with Gasteiger partial charge in [0.1, 0.15) is 5.82 Å². The Morgan fingerprint density at radius 2 is 2.22 bits per heavy atom. The van der Waals surface area contributed by atoms with Crippen molar-refractivity contribution in [2.45, 2.75) is 6.42 Å². The van der Waals surface area contributed by atoms with E-state index in [0.717, 1.165) is 0 Å². The molecule has 1 saturated heterocycles. The number of hydrogen-bond acceptors (Lipinski definition) is 4. The van der Waals surface area contributed by atoms with Gasteiger partial charge in [-0.3, -0.25) is 4.79 Å². The van der Waals surface area contributed by atoms with E-state index in [-0.39, 0.29) is 5.91 Å². The number of rotatable bonds is 4. The van der Waals surface area contributed by atoms with Crippen molar-refractivity contribution in [3.8, 4) is 0 Å². The molecule has 0 bridgehead atoms. The number of carbonyl (C=O) groups excluding carboxylic acids is 1. The van der Waals surface area contributed by atoms with Crippen LogP contribution in [0.2, 0.25) is 0 Å². The van der Waals surface area contributed by atoms with E-state index in [4.69, 9.17) is 4.74 Å². The zero-order valence-electron chi connectivity index (χ0n) is 10.1.